The average Bonchev–Trinajstić information content (AvgIpc) is 2.28. The second-order valence-corrected chi connectivity index (χ2v) is 4.20. The summed E-state index contributed by atoms with van der Waals surface area (Å²) in [5, 5.41) is 3.58. The highest BCUT2D eigenvalue weighted by atomic mass is 35.5. The number of carbonyl (C=O) groups excluding carboxylic acids is 1. The molecule has 0 aliphatic heterocycles. The molecule has 1 aromatic rings. The van der Waals surface area contributed by atoms with Gasteiger partial charge in [0, 0.05) is 11.6 Å². The fourth-order valence-electron chi connectivity index (χ4n) is 1.12. The van der Waals surface area contributed by atoms with Crippen molar-refractivity contribution in [3.8, 4) is 5.75 Å². The topological polar surface area (TPSA) is 64.3 Å². The van der Waals surface area contributed by atoms with E-state index in [4.69, 9.17) is 33.7 Å². The van der Waals surface area contributed by atoms with Gasteiger partial charge in [0.1, 0.15) is 5.75 Å². The highest BCUT2D eigenvalue weighted by molar-refractivity contribution is 6.35. The summed E-state index contributed by atoms with van der Waals surface area (Å²) in [7, 11) is 0. The van der Waals surface area contributed by atoms with Gasteiger partial charge < -0.3 is 15.8 Å². The smallest absolute Gasteiger partial charge is 0.257 e. The second-order valence-electron chi connectivity index (χ2n) is 3.36. The van der Waals surface area contributed by atoms with Gasteiger partial charge in [0.05, 0.1) is 5.02 Å². The van der Waals surface area contributed by atoms with Crippen LogP contribution in [-0.2, 0) is 4.79 Å². The number of amides is 1. The fraction of sp³-hybridized carbons (Fsp3) is 0.364. The van der Waals surface area contributed by atoms with Crippen LogP contribution in [-0.4, -0.2) is 25.6 Å². The first-order valence-corrected chi connectivity index (χ1v) is 5.93. The number of hydrogen-bond acceptors (Lipinski definition) is 3. The van der Waals surface area contributed by atoms with Crippen LogP contribution in [0.1, 0.15) is 6.42 Å². The van der Waals surface area contributed by atoms with E-state index in [1.54, 1.807) is 18.2 Å². The lowest BCUT2D eigenvalue weighted by Gasteiger charge is -2.08. The van der Waals surface area contributed by atoms with Gasteiger partial charge in [-0.2, -0.15) is 0 Å². The molecule has 0 heterocycles. The minimum absolute atomic E-state index is 0.0775. The molecule has 4 nitrogen and oxygen atoms in total. The fourth-order valence-corrected chi connectivity index (χ4v) is 1.58. The molecular formula is C11H14Cl2N2O2. The van der Waals surface area contributed by atoms with Crippen molar-refractivity contribution in [3.63, 3.8) is 0 Å². The van der Waals surface area contributed by atoms with Crippen molar-refractivity contribution in [2.45, 2.75) is 6.42 Å². The Morgan fingerprint density at radius 2 is 2.18 bits per heavy atom. The Labute approximate surface area is 110 Å². The lowest BCUT2D eigenvalue weighted by atomic mass is 10.3. The Hall–Kier alpha value is -0.970. The van der Waals surface area contributed by atoms with Crippen molar-refractivity contribution < 1.29 is 9.53 Å². The van der Waals surface area contributed by atoms with E-state index in [-0.39, 0.29) is 12.5 Å². The molecule has 0 unspecified atom stereocenters. The largest absolute Gasteiger partial charge is 0.482 e. The third-order valence-electron chi connectivity index (χ3n) is 1.96. The van der Waals surface area contributed by atoms with E-state index in [0.717, 1.165) is 6.42 Å². The Bertz CT molecular complexity index is 386. The summed E-state index contributed by atoms with van der Waals surface area (Å²) in [4.78, 5) is 11.3. The maximum Gasteiger partial charge on any atom is 0.257 e. The lowest BCUT2D eigenvalue weighted by molar-refractivity contribution is -0.123. The number of hydrogen-bond donors (Lipinski definition) is 2. The number of nitrogens with one attached hydrogen (secondary N) is 1. The molecule has 0 atom stereocenters. The standard InChI is InChI=1S/C11H14Cl2N2O2/c12-8-2-3-10(9(13)6-8)17-7-11(16)15-5-1-4-14/h2-3,6H,1,4-5,7,14H2,(H,15,16). The van der Waals surface area contributed by atoms with Crippen LogP contribution < -0.4 is 15.8 Å². The zero-order valence-electron chi connectivity index (χ0n) is 9.21. The van der Waals surface area contributed by atoms with Crippen molar-refractivity contribution in [3.05, 3.63) is 28.2 Å². The van der Waals surface area contributed by atoms with Gasteiger partial charge in [0.2, 0.25) is 0 Å². The highest BCUT2D eigenvalue weighted by Gasteiger charge is 2.05. The van der Waals surface area contributed by atoms with Crippen LogP contribution in [0.15, 0.2) is 18.2 Å². The minimum atomic E-state index is -0.204. The first-order valence-electron chi connectivity index (χ1n) is 5.18. The third-order valence-corrected chi connectivity index (χ3v) is 2.49. The van der Waals surface area contributed by atoms with Gasteiger partial charge in [-0.05, 0) is 31.2 Å². The number of benzene rings is 1. The predicted molar refractivity (Wildman–Crippen MR) is 68.6 cm³/mol. The Morgan fingerprint density at radius 3 is 2.82 bits per heavy atom. The van der Waals surface area contributed by atoms with Crippen LogP contribution in [0, 0.1) is 0 Å². The summed E-state index contributed by atoms with van der Waals surface area (Å²) in [6, 6.07) is 4.83. The maximum absolute atomic E-state index is 11.3. The summed E-state index contributed by atoms with van der Waals surface area (Å²) in [6.45, 7) is 1.02. The Balaban J connectivity index is 2.37. The van der Waals surface area contributed by atoms with Crippen molar-refractivity contribution in [2.75, 3.05) is 19.7 Å². The summed E-state index contributed by atoms with van der Waals surface area (Å²) >= 11 is 11.6. The van der Waals surface area contributed by atoms with Gasteiger partial charge >= 0.3 is 0 Å². The third kappa shape index (κ3) is 5.26. The molecule has 3 N–H and O–H groups in total. The van der Waals surface area contributed by atoms with E-state index in [0.29, 0.717) is 28.9 Å². The molecule has 0 bridgehead atoms. The number of ether oxygens (including phenoxy) is 1. The van der Waals surface area contributed by atoms with Gasteiger partial charge in [0.15, 0.2) is 6.61 Å². The molecule has 0 aliphatic rings. The van der Waals surface area contributed by atoms with Crippen LogP contribution in [0.25, 0.3) is 0 Å². The summed E-state index contributed by atoms with van der Waals surface area (Å²) in [6.07, 6.45) is 0.743. The van der Waals surface area contributed by atoms with Crippen LogP contribution >= 0.6 is 23.2 Å². The molecule has 1 amide bonds. The Morgan fingerprint density at radius 1 is 1.41 bits per heavy atom. The van der Waals surface area contributed by atoms with Gasteiger partial charge in [-0.1, -0.05) is 23.2 Å². The van der Waals surface area contributed by atoms with E-state index in [9.17, 15) is 4.79 Å². The van der Waals surface area contributed by atoms with Crippen molar-refractivity contribution in [1.82, 2.24) is 5.32 Å². The van der Waals surface area contributed by atoms with Crippen molar-refractivity contribution >= 4 is 29.1 Å². The van der Waals surface area contributed by atoms with E-state index in [2.05, 4.69) is 5.32 Å². The molecule has 0 radical (unpaired) electrons. The first-order chi connectivity index (χ1) is 8.13. The zero-order chi connectivity index (χ0) is 12.7. The predicted octanol–water partition coefficient (Wildman–Crippen LogP) is 1.84. The van der Waals surface area contributed by atoms with E-state index in [1.165, 1.54) is 0 Å². The summed E-state index contributed by atoms with van der Waals surface area (Å²) in [5.41, 5.74) is 5.30. The monoisotopic (exact) mass is 276 g/mol. The normalized spacial score (nSPS) is 10.1. The van der Waals surface area contributed by atoms with E-state index >= 15 is 0 Å². The van der Waals surface area contributed by atoms with Crippen LogP contribution in [0.5, 0.6) is 5.75 Å². The molecule has 1 aromatic carbocycles. The second kappa shape index (κ2) is 7.37. The zero-order valence-corrected chi connectivity index (χ0v) is 10.7. The molecule has 0 aliphatic carbocycles. The van der Waals surface area contributed by atoms with E-state index < -0.39 is 0 Å². The first kappa shape index (κ1) is 14.1. The van der Waals surface area contributed by atoms with Gasteiger partial charge in [-0.3, -0.25) is 4.79 Å². The molecule has 0 fully saturated rings. The molecule has 6 heteroatoms. The van der Waals surface area contributed by atoms with Gasteiger partial charge in [0.25, 0.3) is 5.91 Å². The van der Waals surface area contributed by atoms with Gasteiger partial charge in [-0.15, -0.1) is 0 Å². The molecule has 94 valence electrons. The maximum atomic E-state index is 11.3. The molecule has 0 aromatic heterocycles. The highest BCUT2D eigenvalue weighted by Crippen LogP contribution is 2.27. The lowest BCUT2D eigenvalue weighted by Crippen LogP contribution is -2.30. The molecular weight excluding hydrogens is 263 g/mol. The number of nitrogens with two attached hydrogens (primary N) is 1. The number of rotatable bonds is 6. The number of halogens is 2. The van der Waals surface area contributed by atoms with Crippen LogP contribution in [0.4, 0.5) is 0 Å². The van der Waals surface area contributed by atoms with Crippen molar-refractivity contribution in [2.24, 2.45) is 5.73 Å². The molecule has 0 saturated carbocycles. The molecule has 0 spiro atoms. The van der Waals surface area contributed by atoms with Crippen LogP contribution in [0.3, 0.4) is 0 Å². The van der Waals surface area contributed by atoms with Crippen LogP contribution in [0.2, 0.25) is 10.0 Å². The van der Waals surface area contributed by atoms with E-state index in [1.807, 2.05) is 0 Å². The molecule has 0 saturated heterocycles. The minimum Gasteiger partial charge on any atom is -0.482 e. The quantitative estimate of drug-likeness (QED) is 0.780. The number of carbonyl (C=O) groups is 1. The summed E-state index contributed by atoms with van der Waals surface area (Å²) < 4.78 is 5.25. The Kier molecular flexibility index (Phi) is 6.11. The SMILES string of the molecule is NCCCNC(=O)COc1ccc(Cl)cc1Cl. The average molecular weight is 277 g/mol. The van der Waals surface area contributed by atoms with Crippen molar-refractivity contribution in [1.29, 1.82) is 0 Å². The summed E-state index contributed by atoms with van der Waals surface area (Å²) in [5.74, 6) is 0.231. The molecule has 1 rings (SSSR count). The van der Waals surface area contributed by atoms with Gasteiger partial charge in [-0.25, -0.2) is 0 Å². The molecule has 17 heavy (non-hydrogen) atoms.